The molecule has 0 unspecified atom stereocenters. The first-order valence-corrected chi connectivity index (χ1v) is 12.0. The Bertz CT molecular complexity index is 1120. The second-order valence-electron chi connectivity index (χ2n) is 7.37. The highest BCUT2D eigenvalue weighted by molar-refractivity contribution is 7.90. The van der Waals surface area contributed by atoms with Crippen molar-refractivity contribution in [2.45, 2.75) is 51.0 Å². The van der Waals surface area contributed by atoms with Crippen LogP contribution < -0.4 is 10.6 Å². The lowest BCUT2D eigenvalue weighted by molar-refractivity contribution is 0.153. The number of anilines is 1. The molecule has 0 bridgehead atoms. The van der Waals surface area contributed by atoms with Gasteiger partial charge in [0.25, 0.3) is 16.4 Å². The van der Waals surface area contributed by atoms with Gasteiger partial charge in [0.05, 0.1) is 10.4 Å². The van der Waals surface area contributed by atoms with Crippen molar-refractivity contribution in [3.63, 3.8) is 0 Å². The minimum absolute atomic E-state index is 0.0672. The van der Waals surface area contributed by atoms with E-state index in [1.54, 1.807) is 30.3 Å². The molecule has 0 aliphatic carbocycles. The van der Waals surface area contributed by atoms with Crippen LogP contribution in [0.4, 0.5) is 14.5 Å². The summed E-state index contributed by atoms with van der Waals surface area (Å²) in [6.45, 7) is 7.57. The number of nitrogens with zero attached hydrogens (tertiary/aromatic N) is 1. The average molecular weight is 450 g/mol. The molecular formula is C23H29F2N3O2S. The van der Waals surface area contributed by atoms with Gasteiger partial charge in [-0.2, -0.15) is 0 Å². The molecule has 0 saturated carbocycles. The summed E-state index contributed by atoms with van der Waals surface area (Å²) >= 11 is 0. The number of hydrogen-bond donors (Lipinski definition) is 2. The maximum atomic E-state index is 13.9. The van der Waals surface area contributed by atoms with Gasteiger partial charge in [-0.1, -0.05) is 37.6 Å². The molecule has 3 aromatic rings. The van der Waals surface area contributed by atoms with E-state index in [1.807, 2.05) is 20.8 Å². The zero-order valence-electron chi connectivity index (χ0n) is 18.0. The summed E-state index contributed by atoms with van der Waals surface area (Å²) in [6.07, 6.45) is 0.0203. The number of piperidine rings is 1. The van der Waals surface area contributed by atoms with Gasteiger partial charge in [-0.15, -0.1) is 0 Å². The highest BCUT2D eigenvalue weighted by Crippen LogP contribution is 2.37. The smallest absolute Gasteiger partial charge is 0.268 e. The molecule has 0 amide bonds. The average Bonchev–Trinajstić information content (AvgIpc) is 3.18. The fourth-order valence-electron chi connectivity index (χ4n) is 3.78. The Balaban J connectivity index is 0.00000132. The number of alkyl halides is 2. The van der Waals surface area contributed by atoms with Crippen LogP contribution in [-0.4, -0.2) is 31.5 Å². The lowest BCUT2D eigenvalue weighted by atomic mass is 10.0. The summed E-state index contributed by atoms with van der Waals surface area (Å²) in [4.78, 5) is 0.0672. The minimum Gasteiger partial charge on any atom is -0.382 e. The summed E-state index contributed by atoms with van der Waals surface area (Å²) in [6, 6.07) is 11.5. The molecule has 2 heterocycles. The van der Waals surface area contributed by atoms with E-state index in [0.717, 1.165) is 41.7 Å². The summed E-state index contributed by atoms with van der Waals surface area (Å²) in [5, 5.41) is 6.88. The predicted octanol–water partition coefficient (Wildman–Crippen LogP) is 5.31. The van der Waals surface area contributed by atoms with E-state index in [0.29, 0.717) is 5.69 Å². The summed E-state index contributed by atoms with van der Waals surface area (Å²) in [5.41, 5.74) is 1.43. The topological polar surface area (TPSA) is 63.1 Å². The molecule has 0 radical (unpaired) electrons. The van der Waals surface area contributed by atoms with Gasteiger partial charge in [-0.05, 0) is 57.1 Å². The predicted molar refractivity (Wildman–Crippen MR) is 122 cm³/mol. The third-order valence-electron chi connectivity index (χ3n) is 5.34. The van der Waals surface area contributed by atoms with Crippen molar-refractivity contribution in [1.29, 1.82) is 0 Å². The molecule has 2 N–H and O–H groups in total. The normalized spacial score (nSPS) is 15.0. The van der Waals surface area contributed by atoms with Crippen molar-refractivity contribution < 1.29 is 17.2 Å². The highest BCUT2D eigenvalue weighted by atomic mass is 32.2. The molecule has 31 heavy (non-hydrogen) atoms. The van der Waals surface area contributed by atoms with E-state index >= 15 is 0 Å². The number of hydrogen-bond acceptors (Lipinski definition) is 4. The molecule has 8 heteroatoms. The van der Waals surface area contributed by atoms with Crippen molar-refractivity contribution in [3.8, 4) is 0 Å². The second kappa shape index (κ2) is 9.78. The molecule has 0 atom stereocenters. The first-order chi connectivity index (χ1) is 14.9. The fourth-order valence-corrected chi connectivity index (χ4v) is 5.15. The standard InChI is InChI=1S/C21H23F2N3O2S.C2H6/c1-14-5-7-16(8-6-14)29(27,28)26-13-17(21(22)23)20-18(3-2-4-19(20)26)25-15-9-11-24-12-10-15;1-2/h2-8,13,15,21,24-25H,9-12H2,1H3;1-2H3. The van der Waals surface area contributed by atoms with Crippen molar-refractivity contribution in [2.24, 2.45) is 0 Å². The van der Waals surface area contributed by atoms with E-state index in [-0.39, 0.29) is 27.4 Å². The minimum atomic E-state index is -4.00. The first-order valence-electron chi connectivity index (χ1n) is 10.6. The monoisotopic (exact) mass is 449 g/mol. The number of nitrogens with one attached hydrogen (secondary N) is 2. The van der Waals surface area contributed by atoms with Crippen molar-refractivity contribution in [3.05, 3.63) is 59.8 Å². The van der Waals surface area contributed by atoms with Crippen LogP contribution in [0, 0.1) is 6.92 Å². The Morgan fingerprint density at radius 2 is 1.71 bits per heavy atom. The summed E-state index contributed by atoms with van der Waals surface area (Å²) in [5.74, 6) is 0. The Hall–Kier alpha value is -2.45. The Morgan fingerprint density at radius 3 is 2.32 bits per heavy atom. The molecule has 1 aliphatic rings. The van der Waals surface area contributed by atoms with Gasteiger partial charge in [0.1, 0.15) is 0 Å². The van der Waals surface area contributed by atoms with E-state index in [9.17, 15) is 17.2 Å². The SMILES string of the molecule is CC.Cc1ccc(S(=O)(=O)n2cc(C(F)F)c3c(NC4CCNCC4)cccc32)cc1. The quantitative estimate of drug-likeness (QED) is 0.554. The molecule has 1 saturated heterocycles. The third kappa shape index (κ3) is 4.75. The Kier molecular flexibility index (Phi) is 7.33. The molecule has 5 nitrogen and oxygen atoms in total. The van der Waals surface area contributed by atoms with Crippen LogP contribution in [0.5, 0.6) is 0 Å². The molecule has 0 spiro atoms. The molecule has 1 aliphatic heterocycles. The van der Waals surface area contributed by atoms with E-state index in [4.69, 9.17) is 0 Å². The van der Waals surface area contributed by atoms with Gasteiger partial charge in [-0.25, -0.2) is 21.2 Å². The second-order valence-corrected chi connectivity index (χ2v) is 9.18. The molecule has 2 aromatic carbocycles. The van der Waals surface area contributed by atoms with Crippen LogP contribution in [0.1, 0.15) is 44.2 Å². The van der Waals surface area contributed by atoms with Crippen LogP contribution in [0.2, 0.25) is 0 Å². The van der Waals surface area contributed by atoms with E-state index in [2.05, 4.69) is 10.6 Å². The van der Waals surface area contributed by atoms with Gasteiger partial charge in [0.2, 0.25) is 0 Å². The van der Waals surface area contributed by atoms with Gasteiger partial charge in [0.15, 0.2) is 0 Å². The van der Waals surface area contributed by atoms with Crippen LogP contribution >= 0.6 is 0 Å². The molecule has 1 fully saturated rings. The number of rotatable bonds is 5. The van der Waals surface area contributed by atoms with Gasteiger partial charge in [-0.3, -0.25) is 0 Å². The third-order valence-corrected chi connectivity index (χ3v) is 7.02. The van der Waals surface area contributed by atoms with E-state index in [1.165, 1.54) is 12.1 Å². The van der Waals surface area contributed by atoms with Crippen molar-refractivity contribution in [1.82, 2.24) is 9.29 Å². The molecular weight excluding hydrogens is 420 g/mol. The van der Waals surface area contributed by atoms with E-state index < -0.39 is 16.4 Å². The summed E-state index contributed by atoms with van der Waals surface area (Å²) in [7, 11) is -4.00. The maximum absolute atomic E-state index is 13.9. The van der Waals surface area contributed by atoms with Crippen molar-refractivity contribution in [2.75, 3.05) is 18.4 Å². The molecule has 4 rings (SSSR count). The Labute approximate surface area is 182 Å². The first kappa shape index (κ1) is 23.2. The lowest BCUT2D eigenvalue weighted by Gasteiger charge is -2.25. The molecule has 168 valence electrons. The lowest BCUT2D eigenvalue weighted by Crippen LogP contribution is -2.35. The number of aryl methyl sites for hydroxylation is 1. The summed E-state index contributed by atoms with van der Waals surface area (Å²) < 4.78 is 55.1. The molecule has 1 aromatic heterocycles. The largest absolute Gasteiger partial charge is 0.382 e. The van der Waals surface area contributed by atoms with Crippen molar-refractivity contribution >= 4 is 26.6 Å². The van der Waals surface area contributed by atoms with Crippen LogP contribution in [0.3, 0.4) is 0 Å². The van der Waals surface area contributed by atoms with Crippen LogP contribution in [-0.2, 0) is 10.0 Å². The van der Waals surface area contributed by atoms with Gasteiger partial charge < -0.3 is 10.6 Å². The maximum Gasteiger partial charge on any atom is 0.268 e. The zero-order valence-corrected chi connectivity index (χ0v) is 18.8. The van der Waals surface area contributed by atoms with Gasteiger partial charge >= 0.3 is 0 Å². The Morgan fingerprint density at radius 1 is 1.06 bits per heavy atom. The zero-order chi connectivity index (χ0) is 22.6. The van der Waals surface area contributed by atoms with Crippen LogP contribution in [0.25, 0.3) is 10.9 Å². The number of halogens is 2. The number of aromatic nitrogens is 1. The fraction of sp³-hybridized carbons (Fsp3) is 0.391. The van der Waals surface area contributed by atoms with Crippen LogP contribution in [0.15, 0.2) is 53.6 Å². The van der Waals surface area contributed by atoms with Gasteiger partial charge in [0, 0.05) is 28.9 Å². The highest BCUT2D eigenvalue weighted by Gasteiger charge is 2.26. The number of fused-ring (bicyclic) bond motifs is 1. The number of benzene rings is 2.